The number of hydrogen-bond acceptors (Lipinski definition) is 1. The average molecular weight is 246 g/mol. The Bertz CT molecular complexity index is 526. The molecular formula is C15H16ClN. The second-order valence-corrected chi connectivity index (χ2v) is 4.80. The van der Waals surface area contributed by atoms with Gasteiger partial charge in [-0.25, -0.2) is 0 Å². The molecule has 2 aromatic carbocycles. The Balaban J connectivity index is 2.52. The first-order valence-corrected chi connectivity index (χ1v) is 6.05. The fourth-order valence-electron chi connectivity index (χ4n) is 2.05. The highest BCUT2D eigenvalue weighted by Crippen LogP contribution is 2.30. The van der Waals surface area contributed by atoms with Gasteiger partial charge in [0.1, 0.15) is 0 Å². The zero-order chi connectivity index (χ0) is 12.4. The van der Waals surface area contributed by atoms with E-state index in [1.165, 1.54) is 11.1 Å². The summed E-state index contributed by atoms with van der Waals surface area (Å²) in [5, 5.41) is 0.762. The van der Waals surface area contributed by atoms with Crippen LogP contribution in [-0.4, -0.2) is 0 Å². The van der Waals surface area contributed by atoms with Gasteiger partial charge in [0, 0.05) is 17.1 Å². The Hall–Kier alpha value is -1.31. The topological polar surface area (TPSA) is 26.0 Å². The molecule has 0 aliphatic heterocycles. The van der Waals surface area contributed by atoms with Gasteiger partial charge >= 0.3 is 0 Å². The van der Waals surface area contributed by atoms with Gasteiger partial charge in [-0.1, -0.05) is 53.1 Å². The lowest BCUT2D eigenvalue weighted by Crippen LogP contribution is -1.96. The number of halogens is 1. The Morgan fingerprint density at radius 1 is 1.00 bits per heavy atom. The molecule has 2 heteroatoms. The molecule has 17 heavy (non-hydrogen) atoms. The SMILES string of the molecule is Cc1cc(C)cc(-c2ccc(CN)cc2Cl)c1. The number of aryl methyl sites for hydroxylation is 2. The van der Waals surface area contributed by atoms with Gasteiger partial charge in [0.15, 0.2) is 0 Å². The molecule has 0 atom stereocenters. The van der Waals surface area contributed by atoms with Crippen LogP contribution in [0.4, 0.5) is 0 Å². The maximum Gasteiger partial charge on any atom is 0.0487 e. The Morgan fingerprint density at radius 3 is 2.18 bits per heavy atom. The minimum Gasteiger partial charge on any atom is -0.326 e. The molecule has 2 N–H and O–H groups in total. The van der Waals surface area contributed by atoms with Crippen molar-refractivity contribution in [2.45, 2.75) is 20.4 Å². The molecule has 2 rings (SSSR count). The average Bonchev–Trinajstić information content (AvgIpc) is 2.27. The predicted molar refractivity (Wildman–Crippen MR) is 74.3 cm³/mol. The minimum absolute atomic E-state index is 0.521. The standard InChI is InChI=1S/C15H16ClN/c1-10-5-11(2)7-13(6-10)14-4-3-12(9-17)8-15(14)16/h3-8H,9,17H2,1-2H3. The van der Waals surface area contributed by atoms with Crippen LogP contribution in [0, 0.1) is 13.8 Å². The van der Waals surface area contributed by atoms with E-state index in [1.54, 1.807) is 0 Å². The third-order valence-electron chi connectivity index (χ3n) is 2.80. The largest absolute Gasteiger partial charge is 0.326 e. The second kappa shape index (κ2) is 4.91. The van der Waals surface area contributed by atoms with Crippen LogP contribution in [-0.2, 0) is 6.54 Å². The number of rotatable bonds is 2. The van der Waals surface area contributed by atoms with Crippen molar-refractivity contribution in [1.29, 1.82) is 0 Å². The van der Waals surface area contributed by atoms with Crippen LogP contribution in [0.3, 0.4) is 0 Å². The van der Waals surface area contributed by atoms with Gasteiger partial charge in [-0.2, -0.15) is 0 Å². The molecule has 0 bridgehead atoms. The lowest BCUT2D eigenvalue weighted by atomic mass is 10.00. The van der Waals surface area contributed by atoms with Crippen LogP contribution in [0.25, 0.3) is 11.1 Å². The maximum atomic E-state index is 6.29. The van der Waals surface area contributed by atoms with Gasteiger partial charge < -0.3 is 5.73 Å². The molecule has 0 aliphatic rings. The van der Waals surface area contributed by atoms with Crippen molar-refractivity contribution in [3.8, 4) is 11.1 Å². The van der Waals surface area contributed by atoms with Crippen LogP contribution in [0.5, 0.6) is 0 Å². The summed E-state index contributed by atoms with van der Waals surface area (Å²) in [5.74, 6) is 0. The van der Waals surface area contributed by atoms with E-state index in [0.717, 1.165) is 21.7 Å². The lowest BCUT2D eigenvalue weighted by Gasteiger charge is -2.08. The minimum atomic E-state index is 0.521. The quantitative estimate of drug-likeness (QED) is 0.848. The third-order valence-corrected chi connectivity index (χ3v) is 3.11. The summed E-state index contributed by atoms with van der Waals surface area (Å²) in [6.45, 7) is 4.71. The van der Waals surface area contributed by atoms with E-state index < -0.39 is 0 Å². The molecule has 0 radical (unpaired) electrons. The van der Waals surface area contributed by atoms with Gasteiger partial charge in [0.25, 0.3) is 0 Å². The molecule has 1 nitrogen and oxygen atoms in total. The Kier molecular flexibility index (Phi) is 3.51. The zero-order valence-electron chi connectivity index (χ0n) is 10.1. The molecule has 0 fully saturated rings. The molecule has 0 spiro atoms. The lowest BCUT2D eigenvalue weighted by molar-refractivity contribution is 1.07. The molecule has 0 aromatic heterocycles. The molecule has 0 unspecified atom stereocenters. The van der Waals surface area contributed by atoms with Crippen LogP contribution < -0.4 is 5.73 Å². The molecule has 0 saturated heterocycles. The molecular weight excluding hydrogens is 230 g/mol. The van der Waals surface area contributed by atoms with Crippen LogP contribution in [0.15, 0.2) is 36.4 Å². The first-order chi connectivity index (χ1) is 8.10. The summed E-state index contributed by atoms with van der Waals surface area (Å²) in [6, 6.07) is 12.5. The number of nitrogens with two attached hydrogens (primary N) is 1. The van der Waals surface area contributed by atoms with Crippen molar-refractivity contribution in [3.63, 3.8) is 0 Å². The zero-order valence-corrected chi connectivity index (χ0v) is 10.9. The monoisotopic (exact) mass is 245 g/mol. The smallest absolute Gasteiger partial charge is 0.0487 e. The summed E-state index contributed by atoms with van der Waals surface area (Å²) in [5.41, 5.74) is 11.4. The van der Waals surface area contributed by atoms with Crippen molar-refractivity contribution < 1.29 is 0 Å². The van der Waals surface area contributed by atoms with Crippen molar-refractivity contribution >= 4 is 11.6 Å². The van der Waals surface area contributed by atoms with E-state index in [4.69, 9.17) is 17.3 Å². The Morgan fingerprint density at radius 2 is 1.65 bits per heavy atom. The first kappa shape index (κ1) is 12.2. The molecule has 2 aromatic rings. The Labute approximate surface area is 107 Å². The highest BCUT2D eigenvalue weighted by Gasteiger charge is 2.05. The number of hydrogen-bond donors (Lipinski definition) is 1. The predicted octanol–water partition coefficient (Wildman–Crippen LogP) is 4.08. The van der Waals surface area contributed by atoms with E-state index in [-0.39, 0.29) is 0 Å². The van der Waals surface area contributed by atoms with Crippen molar-refractivity contribution in [2.24, 2.45) is 5.73 Å². The highest BCUT2D eigenvalue weighted by atomic mass is 35.5. The summed E-state index contributed by atoms with van der Waals surface area (Å²) >= 11 is 6.29. The van der Waals surface area contributed by atoms with Crippen molar-refractivity contribution in [3.05, 3.63) is 58.1 Å². The molecule has 0 heterocycles. The normalized spacial score (nSPS) is 10.6. The van der Waals surface area contributed by atoms with E-state index in [1.807, 2.05) is 18.2 Å². The van der Waals surface area contributed by atoms with E-state index in [2.05, 4.69) is 32.0 Å². The highest BCUT2D eigenvalue weighted by molar-refractivity contribution is 6.33. The van der Waals surface area contributed by atoms with Crippen molar-refractivity contribution in [2.75, 3.05) is 0 Å². The fraction of sp³-hybridized carbons (Fsp3) is 0.200. The molecule has 0 aliphatic carbocycles. The van der Waals surface area contributed by atoms with Crippen LogP contribution in [0.1, 0.15) is 16.7 Å². The number of benzene rings is 2. The summed E-state index contributed by atoms with van der Waals surface area (Å²) < 4.78 is 0. The van der Waals surface area contributed by atoms with Crippen molar-refractivity contribution in [1.82, 2.24) is 0 Å². The van der Waals surface area contributed by atoms with Crippen LogP contribution in [0.2, 0.25) is 5.02 Å². The van der Waals surface area contributed by atoms with E-state index in [0.29, 0.717) is 6.54 Å². The summed E-state index contributed by atoms with van der Waals surface area (Å²) in [6.07, 6.45) is 0. The van der Waals surface area contributed by atoms with Gasteiger partial charge in [-0.05, 0) is 31.0 Å². The fourth-order valence-corrected chi connectivity index (χ4v) is 2.36. The van der Waals surface area contributed by atoms with Gasteiger partial charge in [-0.3, -0.25) is 0 Å². The summed E-state index contributed by atoms with van der Waals surface area (Å²) in [4.78, 5) is 0. The second-order valence-electron chi connectivity index (χ2n) is 4.39. The molecule has 88 valence electrons. The van der Waals surface area contributed by atoms with Gasteiger partial charge in [0.05, 0.1) is 0 Å². The van der Waals surface area contributed by atoms with E-state index in [9.17, 15) is 0 Å². The molecule has 0 amide bonds. The third kappa shape index (κ3) is 2.68. The summed E-state index contributed by atoms with van der Waals surface area (Å²) in [7, 11) is 0. The molecule has 0 saturated carbocycles. The van der Waals surface area contributed by atoms with E-state index >= 15 is 0 Å². The van der Waals surface area contributed by atoms with Gasteiger partial charge in [0.2, 0.25) is 0 Å². The maximum absolute atomic E-state index is 6.29. The first-order valence-electron chi connectivity index (χ1n) is 5.67. The van der Waals surface area contributed by atoms with Gasteiger partial charge in [-0.15, -0.1) is 0 Å². The van der Waals surface area contributed by atoms with Crippen LogP contribution >= 0.6 is 11.6 Å².